The molecule has 1 atom stereocenters. The van der Waals surface area contributed by atoms with Gasteiger partial charge in [-0.15, -0.1) is 0 Å². The highest BCUT2D eigenvalue weighted by atomic mass is 16.1. The summed E-state index contributed by atoms with van der Waals surface area (Å²) < 4.78 is 0. The molecule has 12 heavy (non-hydrogen) atoms. The van der Waals surface area contributed by atoms with Crippen LogP contribution >= 0.6 is 0 Å². The van der Waals surface area contributed by atoms with E-state index in [1.807, 2.05) is 6.92 Å². The third-order valence-electron chi connectivity index (χ3n) is 2.77. The van der Waals surface area contributed by atoms with E-state index in [9.17, 15) is 4.79 Å². The van der Waals surface area contributed by atoms with Crippen LogP contribution in [0.1, 0.15) is 33.6 Å². The second kappa shape index (κ2) is 4.04. The lowest BCUT2D eigenvalue weighted by molar-refractivity contribution is -0.122. The molecule has 1 heterocycles. The summed E-state index contributed by atoms with van der Waals surface area (Å²) in [5, 5.41) is 0. The predicted octanol–water partition coefficient (Wildman–Crippen LogP) is 1.70. The van der Waals surface area contributed by atoms with Gasteiger partial charge >= 0.3 is 0 Å². The topological polar surface area (TPSA) is 20.3 Å². The SMILES string of the molecule is CC(C)N1CCC(=O)[C@H](C)CC1. The monoisotopic (exact) mass is 169 g/mol. The lowest BCUT2D eigenvalue weighted by atomic mass is 10.0. The van der Waals surface area contributed by atoms with Crippen molar-refractivity contribution in [3.8, 4) is 0 Å². The van der Waals surface area contributed by atoms with Gasteiger partial charge in [0.15, 0.2) is 0 Å². The average Bonchev–Trinajstić information content (AvgIpc) is 2.16. The van der Waals surface area contributed by atoms with E-state index < -0.39 is 0 Å². The highest BCUT2D eigenvalue weighted by Crippen LogP contribution is 2.14. The zero-order valence-electron chi connectivity index (χ0n) is 8.34. The summed E-state index contributed by atoms with van der Waals surface area (Å²) in [6.45, 7) is 8.48. The average molecular weight is 169 g/mol. The number of ketones is 1. The first kappa shape index (κ1) is 9.72. The highest BCUT2D eigenvalue weighted by molar-refractivity contribution is 5.81. The maximum atomic E-state index is 11.4. The quantitative estimate of drug-likeness (QED) is 0.595. The number of likely N-dealkylation sites (tertiary alicyclic amines) is 1. The molecule has 0 spiro atoms. The molecule has 1 aliphatic heterocycles. The Morgan fingerprint density at radius 3 is 2.67 bits per heavy atom. The molecule has 1 saturated heterocycles. The number of carbonyl (C=O) groups excluding carboxylic acids is 1. The van der Waals surface area contributed by atoms with Crippen LogP contribution in [0.15, 0.2) is 0 Å². The lowest BCUT2D eigenvalue weighted by Gasteiger charge is -2.23. The van der Waals surface area contributed by atoms with Crippen molar-refractivity contribution < 1.29 is 4.79 Å². The number of nitrogens with zero attached hydrogens (tertiary/aromatic N) is 1. The maximum Gasteiger partial charge on any atom is 0.137 e. The minimum atomic E-state index is 0.286. The summed E-state index contributed by atoms with van der Waals surface area (Å²) in [4.78, 5) is 13.7. The molecule has 1 rings (SSSR count). The summed E-state index contributed by atoms with van der Waals surface area (Å²) in [6.07, 6.45) is 1.79. The van der Waals surface area contributed by atoms with Crippen molar-refractivity contribution in [3.05, 3.63) is 0 Å². The standard InChI is InChI=1S/C10H19NO/c1-8(2)11-6-4-9(3)10(12)5-7-11/h8-9H,4-7H2,1-3H3/t9-/m1/s1. The molecule has 0 saturated carbocycles. The summed E-state index contributed by atoms with van der Waals surface area (Å²) in [5.41, 5.74) is 0. The normalized spacial score (nSPS) is 27.7. The molecule has 0 unspecified atom stereocenters. The molecular formula is C10H19NO. The molecule has 2 nitrogen and oxygen atoms in total. The fourth-order valence-corrected chi connectivity index (χ4v) is 1.65. The Morgan fingerprint density at radius 2 is 2.08 bits per heavy atom. The third-order valence-corrected chi connectivity index (χ3v) is 2.77. The molecular weight excluding hydrogens is 150 g/mol. The molecule has 0 aromatic heterocycles. The number of Topliss-reactive ketones (excluding diaryl/α,β-unsaturated/α-hetero) is 1. The van der Waals surface area contributed by atoms with Crippen LogP contribution in [0, 0.1) is 5.92 Å². The smallest absolute Gasteiger partial charge is 0.137 e. The molecule has 1 fully saturated rings. The van der Waals surface area contributed by atoms with E-state index in [0.717, 1.165) is 25.9 Å². The summed E-state index contributed by atoms with van der Waals surface area (Å²) in [7, 11) is 0. The van der Waals surface area contributed by atoms with Crippen LogP contribution in [0.2, 0.25) is 0 Å². The lowest BCUT2D eigenvalue weighted by Crippen LogP contribution is -2.31. The Labute approximate surface area is 74.9 Å². The Balaban J connectivity index is 2.49. The molecule has 0 N–H and O–H groups in total. The van der Waals surface area contributed by atoms with E-state index in [4.69, 9.17) is 0 Å². The van der Waals surface area contributed by atoms with Gasteiger partial charge in [0.2, 0.25) is 0 Å². The number of rotatable bonds is 1. The van der Waals surface area contributed by atoms with Crippen molar-refractivity contribution in [2.75, 3.05) is 13.1 Å². The van der Waals surface area contributed by atoms with Crippen LogP contribution in [0.5, 0.6) is 0 Å². The van der Waals surface area contributed by atoms with E-state index >= 15 is 0 Å². The number of carbonyl (C=O) groups is 1. The molecule has 0 aliphatic carbocycles. The Bertz CT molecular complexity index is 165. The van der Waals surface area contributed by atoms with Gasteiger partial charge in [0.1, 0.15) is 5.78 Å². The Morgan fingerprint density at radius 1 is 1.42 bits per heavy atom. The maximum absolute atomic E-state index is 11.4. The van der Waals surface area contributed by atoms with Gasteiger partial charge in [0, 0.05) is 24.9 Å². The molecule has 0 aromatic rings. The first-order valence-electron chi connectivity index (χ1n) is 4.88. The summed E-state index contributed by atoms with van der Waals surface area (Å²) in [5.74, 6) is 0.729. The van der Waals surface area contributed by atoms with Crippen molar-refractivity contribution in [2.24, 2.45) is 5.92 Å². The van der Waals surface area contributed by atoms with Gasteiger partial charge in [0.05, 0.1) is 0 Å². The number of hydrogen-bond donors (Lipinski definition) is 0. The fourth-order valence-electron chi connectivity index (χ4n) is 1.65. The molecule has 0 amide bonds. The van der Waals surface area contributed by atoms with E-state index in [0.29, 0.717) is 11.8 Å². The fraction of sp³-hybridized carbons (Fsp3) is 0.900. The molecule has 0 radical (unpaired) electrons. The van der Waals surface area contributed by atoms with Crippen LogP contribution in [0.4, 0.5) is 0 Å². The van der Waals surface area contributed by atoms with Gasteiger partial charge in [-0.3, -0.25) is 4.79 Å². The van der Waals surface area contributed by atoms with Crippen molar-refractivity contribution in [3.63, 3.8) is 0 Å². The predicted molar refractivity (Wildman–Crippen MR) is 50.1 cm³/mol. The molecule has 1 aliphatic rings. The minimum absolute atomic E-state index is 0.286. The Kier molecular flexibility index (Phi) is 3.27. The highest BCUT2D eigenvalue weighted by Gasteiger charge is 2.21. The Hall–Kier alpha value is -0.370. The van der Waals surface area contributed by atoms with Gasteiger partial charge in [-0.25, -0.2) is 0 Å². The number of hydrogen-bond acceptors (Lipinski definition) is 2. The largest absolute Gasteiger partial charge is 0.300 e. The van der Waals surface area contributed by atoms with E-state index in [1.165, 1.54) is 0 Å². The van der Waals surface area contributed by atoms with Crippen LogP contribution < -0.4 is 0 Å². The first-order chi connectivity index (χ1) is 5.61. The van der Waals surface area contributed by atoms with E-state index in [2.05, 4.69) is 18.7 Å². The second-order valence-corrected chi connectivity index (χ2v) is 4.04. The van der Waals surface area contributed by atoms with Gasteiger partial charge < -0.3 is 4.90 Å². The van der Waals surface area contributed by atoms with Gasteiger partial charge in [-0.1, -0.05) is 6.92 Å². The van der Waals surface area contributed by atoms with Gasteiger partial charge in [-0.2, -0.15) is 0 Å². The minimum Gasteiger partial charge on any atom is -0.300 e. The van der Waals surface area contributed by atoms with E-state index in [-0.39, 0.29) is 5.92 Å². The molecule has 2 heteroatoms. The van der Waals surface area contributed by atoms with Crippen molar-refractivity contribution in [1.82, 2.24) is 4.90 Å². The molecule has 0 aromatic carbocycles. The second-order valence-electron chi connectivity index (χ2n) is 4.04. The van der Waals surface area contributed by atoms with Crippen molar-refractivity contribution >= 4 is 5.78 Å². The van der Waals surface area contributed by atoms with Gasteiger partial charge in [-0.05, 0) is 26.8 Å². The molecule has 0 bridgehead atoms. The van der Waals surface area contributed by atoms with Crippen LogP contribution in [0.25, 0.3) is 0 Å². The summed E-state index contributed by atoms with van der Waals surface area (Å²) in [6, 6.07) is 0.586. The van der Waals surface area contributed by atoms with Gasteiger partial charge in [0.25, 0.3) is 0 Å². The zero-order chi connectivity index (χ0) is 9.14. The van der Waals surface area contributed by atoms with Crippen molar-refractivity contribution in [2.45, 2.75) is 39.7 Å². The van der Waals surface area contributed by atoms with Crippen molar-refractivity contribution in [1.29, 1.82) is 0 Å². The summed E-state index contributed by atoms with van der Waals surface area (Å²) >= 11 is 0. The molecule has 70 valence electrons. The van der Waals surface area contributed by atoms with Crippen LogP contribution in [-0.4, -0.2) is 29.8 Å². The first-order valence-corrected chi connectivity index (χ1v) is 4.88. The zero-order valence-corrected chi connectivity index (χ0v) is 8.34. The third kappa shape index (κ3) is 2.31. The van der Waals surface area contributed by atoms with Crippen LogP contribution in [0.3, 0.4) is 0 Å². The van der Waals surface area contributed by atoms with Crippen LogP contribution in [-0.2, 0) is 4.79 Å². The van der Waals surface area contributed by atoms with E-state index in [1.54, 1.807) is 0 Å².